The van der Waals surface area contributed by atoms with E-state index in [-0.39, 0.29) is 0 Å². The summed E-state index contributed by atoms with van der Waals surface area (Å²) < 4.78 is 0. The summed E-state index contributed by atoms with van der Waals surface area (Å²) >= 11 is 16.8. The largest absolute Gasteiger partial charge is 0.267 e. The summed E-state index contributed by atoms with van der Waals surface area (Å²) in [5, 5.41) is 5.45. The topological polar surface area (TPSA) is 24.4 Å². The molecule has 0 saturated heterocycles. The van der Waals surface area contributed by atoms with Crippen LogP contribution in [-0.4, -0.2) is 11.2 Å². The first-order chi connectivity index (χ1) is 9.15. The minimum atomic E-state index is 0.543. The lowest BCUT2D eigenvalue weighted by atomic mass is 10.2. The standard InChI is InChI=1S/C14H10Cl2N2S/c15-12-5-1-10(2-6-12)9-17-18-14(19)11-3-7-13(16)8-4-11/h1-9H,(H,18,19)/b17-9+. The van der Waals surface area contributed by atoms with E-state index in [9.17, 15) is 0 Å². The van der Waals surface area contributed by atoms with Gasteiger partial charge in [0.05, 0.1) is 6.21 Å². The molecule has 1 N–H and O–H groups in total. The minimum absolute atomic E-state index is 0.543. The predicted molar refractivity (Wildman–Crippen MR) is 85.3 cm³/mol. The Morgan fingerprint density at radius 2 is 1.47 bits per heavy atom. The Balaban J connectivity index is 1.96. The highest BCUT2D eigenvalue weighted by Crippen LogP contribution is 2.10. The summed E-state index contributed by atoms with van der Waals surface area (Å²) in [7, 11) is 0. The summed E-state index contributed by atoms with van der Waals surface area (Å²) in [6.07, 6.45) is 1.68. The molecule has 0 aliphatic rings. The van der Waals surface area contributed by atoms with Crippen LogP contribution in [0.1, 0.15) is 11.1 Å². The number of hydrogen-bond acceptors (Lipinski definition) is 2. The van der Waals surface area contributed by atoms with Crippen LogP contribution in [0.25, 0.3) is 0 Å². The van der Waals surface area contributed by atoms with Gasteiger partial charge in [0.15, 0.2) is 0 Å². The van der Waals surface area contributed by atoms with E-state index in [0.29, 0.717) is 15.0 Å². The normalized spacial score (nSPS) is 10.6. The van der Waals surface area contributed by atoms with Gasteiger partial charge in [-0.05, 0) is 29.8 Å². The Hall–Kier alpha value is -1.42. The third-order valence-corrected chi connectivity index (χ3v) is 3.19. The highest BCUT2D eigenvalue weighted by Gasteiger charge is 1.98. The quantitative estimate of drug-likeness (QED) is 0.519. The number of rotatable bonds is 3. The van der Waals surface area contributed by atoms with Gasteiger partial charge in [-0.3, -0.25) is 5.43 Å². The van der Waals surface area contributed by atoms with Crippen molar-refractivity contribution in [2.45, 2.75) is 0 Å². The third-order valence-electron chi connectivity index (χ3n) is 2.36. The average Bonchev–Trinajstić information content (AvgIpc) is 2.41. The molecule has 0 bridgehead atoms. The van der Waals surface area contributed by atoms with Gasteiger partial charge in [-0.15, -0.1) is 0 Å². The van der Waals surface area contributed by atoms with Gasteiger partial charge in [-0.25, -0.2) is 0 Å². The van der Waals surface area contributed by atoms with Gasteiger partial charge in [0.1, 0.15) is 4.99 Å². The molecule has 0 spiro atoms. The molecule has 0 radical (unpaired) electrons. The first-order valence-electron chi connectivity index (χ1n) is 5.50. The van der Waals surface area contributed by atoms with Crippen LogP contribution in [0.4, 0.5) is 0 Å². The number of nitrogens with one attached hydrogen (secondary N) is 1. The molecule has 2 aromatic carbocycles. The van der Waals surface area contributed by atoms with Crippen LogP contribution in [0.3, 0.4) is 0 Å². The van der Waals surface area contributed by atoms with Gasteiger partial charge in [0, 0.05) is 15.6 Å². The number of benzene rings is 2. The molecule has 0 aromatic heterocycles. The van der Waals surface area contributed by atoms with Crippen molar-refractivity contribution in [3.63, 3.8) is 0 Å². The van der Waals surface area contributed by atoms with Crippen molar-refractivity contribution in [1.29, 1.82) is 0 Å². The van der Waals surface area contributed by atoms with Crippen LogP contribution in [0.5, 0.6) is 0 Å². The van der Waals surface area contributed by atoms with Gasteiger partial charge in [0.25, 0.3) is 0 Å². The van der Waals surface area contributed by atoms with Gasteiger partial charge in [-0.1, -0.05) is 59.7 Å². The van der Waals surface area contributed by atoms with Gasteiger partial charge in [-0.2, -0.15) is 5.10 Å². The van der Waals surface area contributed by atoms with Crippen LogP contribution >= 0.6 is 35.4 Å². The first-order valence-corrected chi connectivity index (χ1v) is 6.66. The predicted octanol–water partition coefficient (Wildman–Crippen LogP) is 4.29. The molecule has 5 heteroatoms. The summed E-state index contributed by atoms with van der Waals surface area (Å²) in [6.45, 7) is 0. The van der Waals surface area contributed by atoms with E-state index >= 15 is 0 Å². The van der Waals surface area contributed by atoms with Crippen LogP contribution < -0.4 is 5.43 Å². The van der Waals surface area contributed by atoms with Crippen LogP contribution in [0, 0.1) is 0 Å². The maximum atomic E-state index is 5.81. The lowest BCUT2D eigenvalue weighted by Crippen LogP contribution is -2.16. The molecule has 0 fully saturated rings. The Bertz CT molecular complexity index is 592. The Morgan fingerprint density at radius 1 is 0.947 bits per heavy atom. The molecule has 96 valence electrons. The van der Waals surface area contributed by atoms with Crippen molar-refractivity contribution in [3.8, 4) is 0 Å². The van der Waals surface area contributed by atoms with Crippen molar-refractivity contribution in [1.82, 2.24) is 5.43 Å². The lowest BCUT2D eigenvalue weighted by Gasteiger charge is -2.02. The maximum Gasteiger partial charge on any atom is 0.126 e. The van der Waals surface area contributed by atoms with Gasteiger partial charge in [0.2, 0.25) is 0 Å². The molecule has 2 rings (SSSR count). The molecule has 0 aliphatic heterocycles. The van der Waals surface area contributed by atoms with Crippen molar-refractivity contribution in [3.05, 3.63) is 69.7 Å². The van der Waals surface area contributed by atoms with Crippen LogP contribution in [0.15, 0.2) is 53.6 Å². The SMILES string of the molecule is S=C(N/N=C/c1ccc(Cl)cc1)c1ccc(Cl)cc1. The van der Waals surface area contributed by atoms with E-state index in [4.69, 9.17) is 35.4 Å². The fraction of sp³-hybridized carbons (Fsp3) is 0. The summed E-state index contributed by atoms with van der Waals surface area (Å²) in [4.78, 5) is 0.543. The van der Waals surface area contributed by atoms with Crippen molar-refractivity contribution in [2.24, 2.45) is 5.10 Å². The van der Waals surface area contributed by atoms with Gasteiger partial charge < -0.3 is 0 Å². The van der Waals surface area contributed by atoms with Crippen molar-refractivity contribution >= 4 is 46.6 Å². The molecule has 0 unspecified atom stereocenters. The van der Waals surface area contributed by atoms with E-state index in [1.54, 1.807) is 30.5 Å². The molecule has 2 aromatic rings. The summed E-state index contributed by atoms with van der Waals surface area (Å²) in [5.74, 6) is 0. The third kappa shape index (κ3) is 4.31. The zero-order chi connectivity index (χ0) is 13.7. The second-order valence-electron chi connectivity index (χ2n) is 3.76. The molecular formula is C14H10Cl2N2S. The molecular weight excluding hydrogens is 299 g/mol. The van der Waals surface area contributed by atoms with Crippen molar-refractivity contribution < 1.29 is 0 Å². The molecule has 0 atom stereocenters. The Kier molecular flexibility index (Phi) is 4.91. The molecule has 0 heterocycles. The van der Waals surface area contributed by atoms with Gasteiger partial charge >= 0.3 is 0 Å². The highest BCUT2D eigenvalue weighted by atomic mass is 35.5. The number of nitrogens with zero attached hydrogens (tertiary/aromatic N) is 1. The van der Waals surface area contributed by atoms with E-state index in [2.05, 4.69) is 10.5 Å². The zero-order valence-corrected chi connectivity index (χ0v) is 12.1. The smallest absolute Gasteiger partial charge is 0.126 e. The van der Waals surface area contributed by atoms with Crippen LogP contribution in [-0.2, 0) is 0 Å². The number of thiocarbonyl (C=S) groups is 1. The van der Waals surface area contributed by atoms with Crippen LogP contribution in [0.2, 0.25) is 10.0 Å². The Labute approximate surface area is 127 Å². The first kappa shape index (κ1) is 14.0. The fourth-order valence-corrected chi connectivity index (χ4v) is 1.82. The summed E-state index contributed by atoms with van der Waals surface area (Å²) in [6, 6.07) is 14.6. The average molecular weight is 309 g/mol. The zero-order valence-electron chi connectivity index (χ0n) is 9.81. The fourth-order valence-electron chi connectivity index (χ4n) is 1.38. The number of hydrogen-bond donors (Lipinski definition) is 1. The van der Waals surface area contributed by atoms with E-state index < -0.39 is 0 Å². The highest BCUT2D eigenvalue weighted by molar-refractivity contribution is 7.80. The van der Waals surface area contributed by atoms with E-state index in [1.165, 1.54) is 0 Å². The van der Waals surface area contributed by atoms with E-state index in [0.717, 1.165) is 11.1 Å². The lowest BCUT2D eigenvalue weighted by molar-refractivity contribution is 1.06. The number of hydrazone groups is 1. The summed E-state index contributed by atoms with van der Waals surface area (Å²) in [5.41, 5.74) is 4.62. The second-order valence-corrected chi connectivity index (χ2v) is 5.04. The monoisotopic (exact) mass is 308 g/mol. The molecule has 19 heavy (non-hydrogen) atoms. The Morgan fingerprint density at radius 3 is 2.05 bits per heavy atom. The molecule has 0 amide bonds. The minimum Gasteiger partial charge on any atom is -0.267 e. The van der Waals surface area contributed by atoms with E-state index in [1.807, 2.05) is 24.3 Å². The second kappa shape index (κ2) is 6.66. The number of halogens is 2. The van der Waals surface area contributed by atoms with Crippen molar-refractivity contribution in [2.75, 3.05) is 0 Å². The maximum absolute atomic E-state index is 5.81. The molecule has 0 saturated carbocycles. The molecule has 0 aliphatic carbocycles. The molecule has 2 nitrogen and oxygen atoms in total.